The van der Waals surface area contributed by atoms with Gasteiger partial charge in [-0.15, -0.1) is 0 Å². The van der Waals surface area contributed by atoms with Crippen LogP contribution in [-0.4, -0.2) is 28.0 Å². The van der Waals surface area contributed by atoms with Crippen LogP contribution in [0.4, 0.5) is 10.1 Å². The van der Waals surface area contributed by atoms with Gasteiger partial charge < -0.3 is 10.1 Å². The van der Waals surface area contributed by atoms with E-state index in [9.17, 15) is 17.6 Å². The standard InChI is InChI=1S/C22H21FN2O4S/c1-29-21-9-5-4-8-20(21)25-30(27,28)18-12-10-17(11-13-18)22(26)24-15-14-16-6-2-3-7-19(16)23/h2-13,25H,14-15H2,1H3,(H,24,26). The van der Waals surface area contributed by atoms with Crippen LogP contribution in [0.25, 0.3) is 0 Å². The Labute approximate surface area is 174 Å². The molecule has 0 aliphatic heterocycles. The smallest absolute Gasteiger partial charge is 0.262 e. The molecule has 2 N–H and O–H groups in total. The summed E-state index contributed by atoms with van der Waals surface area (Å²) in [4.78, 5) is 12.3. The van der Waals surface area contributed by atoms with Gasteiger partial charge in [0.2, 0.25) is 0 Å². The molecule has 0 aromatic heterocycles. The maximum Gasteiger partial charge on any atom is 0.262 e. The van der Waals surface area contributed by atoms with E-state index in [4.69, 9.17) is 4.74 Å². The van der Waals surface area contributed by atoms with E-state index >= 15 is 0 Å². The van der Waals surface area contributed by atoms with E-state index in [1.807, 2.05) is 0 Å². The third kappa shape index (κ3) is 5.15. The Morgan fingerprint density at radius 1 is 0.967 bits per heavy atom. The van der Waals surface area contributed by atoms with Gasteiger partial charge >= 0.3 is 0 Å². The number of ether oxygens (including phenoxy) is 1. The van der Waals surface area contributed by atoms with Crippen LogP contribution in [0, 0.1) is 5.82 Å². The molecule has 0 radical (unpaired) electrons. The molecular weight excluding hydrogens is 407 g/mol. The average molecular weight is 428 g/mol. The highest BCUT2D eigenvalue weighted by atomic mass is 32.2. The zero-order valence-corrected chi connectivity index (χ0v) is 17.1. The number of anilines is 1. The Morgan fingerprint density at radius 2 is 1.63 bits per heavy atom. The predicted octanol–water partition coefficient (Wildman–Crippen LogP) is 3.61. The van der Waals surface area contributed by atoms with Crippen LogP contribution in [0.15, 0.2) is 77.7 Å². The van der Waals surface area contributed by atoms with Crippen molar-refractivity contribution in [2.24, 2.45) is 0 Å². The minimum atomic E-state index is -3.85. The number of para-hydroxylation sites is 2. The third-order valence-corrected chi connectivity index (χ3v) is 5.80. The van der Waals surface area contributed by atoms with E-state index in [-0.39, 0.29) is 23.2 Å². The van der Waals surface area contributed by atoms with Crippen molar-refractivity contribution in [1.29, 1.82) is 0 Å². The number of halogens is 1. The SMILES string of the molecule is COc1ccccc1NS(=O)(=O)c1ccc(C(=O)NCCc2ccccc2F)cc1. The minimum absolute atomic E-state index is 0.0105. The second-order valence-electron chi connectivity index (χ2n) is 6.43. The number of carbonyl (C=O) groups is 1. The number of amides is 1. The number of hydrogen-bond donors (Lipinski definition) is 2. The fraction of sp³-hybridized carbons (Fsp3) is 0.136. The first kappa shape index (κ1) is 21.3. The Morgan fingerprint density at radius 3 is 2.33 bits per heavy atom. The molecule has 3 rings (SSSR count). The van der Waals surface area contributed by atoms with Crippen LogP contribution in [0.2, 0.25) is 0 Å². The Bertz CT molecular complexity index is 1130. The summed E-state index contributed by atoms with van der Waals surface area (Å²) < 4.78 is 46.5. The molecule has 0 aliphatic rings. The first-order valence-electron chi connectivity index (χ1n) is 9.18. The topological polar surface area (TPSA) is 84.5 Å². The molecule has 6 nitrogen and oxygen atoms in total. The molecule has 8 heteroatoms. The molecule has 1 amide bonds. The Kier molecular flexibility index (Phi) is 6.68. The van der Waals surface area contributed by atoms with Crippen LogP contribution < -0.4 is 14.8 Å². The summed E-state index contributed by atoms with van der Waals surface area (Å²) in [6.45, 7) is 0.259. The number of rotatable bonds is 8. The average Bonchev–Trinajstić information content (AvgIpc) is 2.75. The predicted molar refractivity (Wildman–Crippen MR) is 113 cm³/mol. The van der Waals surface area contributed by atoms with Crippen molar-refractivity contribution in [3.8, 4) is 5.75 Å². The third-order valence-electron chi connectivity index (χ3n) is 4.42. The lowest BCUT2D eigenvalue weighted by Crippen LogP contribution is -2.26. The highest BCUT2D eigenvalue weighted by Crippen LogP contribution is 2.26. The van der Waals surface area contributed by atoms with Crippen LogP contribution in [-0.2, 0) is 16.4 Å². The molecule has 0 spiro atoms. The van der Waals surface area contributed by atoms with E-state index in [1.165, 1.54) is 37.4 Å². The molecule has 3 aromatic carbocycles. The van der Waals surface area contributed by atoms with Crippen molar-refractivity contribution in [2.75, 3.05) is 18.4 Å². The molecule has 0 aliphatic carbocycles. The van der Waals surface area contributed by atoms with Gasteiger partial charge in [-0.25, -0.2) is 12.8 Å². The fourth-order valence-corrected chi connectivity index (χ4v) is 3.90. The molecule has 0 atom stereocenters. The highest BCUT2D eigenvalue weighted by Gasteiger charge is 2.17. The summed E-state index contributed by atoms with van der Waals surface area (Å²) >= 11 is 0. The molecular formula is C22H21FN2O4S. The van der Waals surface area contributed by atoms with E-state index in [1.54, 1.807) is 42.5 Å². The largest absolute Gasteiger partial charge is 0.495 e. The van der Waals surface area contributed by atoms with Gasteiger partial charge in [0.1, 0.15) is 11.6 Å². The Balaban J connectivity index is 1.63. The zero-order valence-electron chi connectivity index (χ0n) is 16.3. The maximum atomic E-state index is 13.6. The van der Waals surface area contributed by atoms with Crippen LogP contribution in [0.3, 0.4) is 0 Å². The van der Waals surface area contributed by atoms with Crippen LogP contribution >= 0.6 is 0 Å². The first-order valence-corrected chi connectivity index (χ1v) is 10.7. The number of carbonyl (C=O) groups excluding carboxylic acids is 1. The summed E-state index contributed by atoms with van der Waals surface area (Å²) in [6.07, 6.45) is 0.355. The van der Waals surface area contributed by atoms with Crippen LogP contribution in [0.1, 0.15) is 15.9 Å². The van der Waals surface area contributed by atoms with Gasteiger partial charge in [0, 0.05) is 12.1 Å². The van der Waals surface area contributed by atoms with Gasteiger partial charge in [-0.1, -0.05) is 30.3 Å². The molecule has 3 aromatic rings. The second kappa shape index (κ2) is 9.41. The number of benzene rings is 3. The van der Waals surface area contributed by atoms with Gasteiger partial charge in [0.25, 0.3) is 15.9 Å². The van der Waals surface area contributed by atoms with Crippen molar-refractivity contribution in [3.05, 3.63) is 89.7 Å². The van der Waals surface area contributed by atoms with Crippen molar-refractivity contribution in [1.82, 2.24) is 5.32 Å². The summed E-state index contributed by atoms with van der Waals surface area (Å²) in [5, 5.41) is 2.70. The van der Waals surface area contributed by atoms with E-state index in [2.05, 4.69) is 10.0 Å². The molecule has 0 heterocycles. The maximum absolute atomic E-state index is 13.6. The summed E-state index contributed by atoms with van der Waals surface area (Å²) in [5.41, 5.74) is 1.14. The van der Waals surface area contributed by atoms with Gasteiger partial charge in [-0.3, -0.25) is 9.52 Å². The molecule has 0 bridgehead atoms. The molecule has 0 saturated heterocycles. The number of methoxy groups -OCH3 is 1. The van der Waals surface area contributed by atoms with Crippen LogP contribution in [0.5, 0.6) is 5.75 Å². The normalized spacial score (nSPS) is 11.0. The lowest BCUT2D eigenvalue weighted by molar-refractivity contribution is 0.0954. The molecule has 156 valence electrons. The van der Waals surface area contributed by atoms with E-state index in [0.717, 1.165) is 0 Å². The summed E-state index contributed by atoms with van der Waals surface area (Å²) in [6, 6.07) is 18.6. The van der Waals surface area contributed by atoms with Crippen molar-refractivity contribution < 1.29 is 22.3 Å². The number of hydrogen-bond acceptors (Lipinski definition) is 4. The number of nitrogens with one attached hydrogen (secondary N) is 2. The highest BCUT2D eigenvalue weighted by molar-refractivity contribution is 7.92. The molecule has 0 saturated carbocycles. The first-order chi connectivity index (χ1) is 14.4. The van der Waals surface area contributed by atoms with Crippen molar-refractivity contribution >= 4 is 21.6 Å². The monoisotopic (exact) mass is 428 g/mol. The molecule has 0 fully saturated rings. The fourth-order valence-electron chi connectivity index (χ4n) is 2.83. The number of sulfonamides is 1. The summed E-state index contributed by atoms with van der Waals surface area (Å²) in [5.74, 6) is -0.288. The van der Waals surface area contributed by atoms with Crippen molar-refractivity contribution in [3.63, 3.8) is 0 Å². The van der Waals surface area contributed by atoms with Gasteiger partial charge in [0.05, 0.1) is 17.7 Å². The molecule has 0 unspecified atom stereocenters. The summed E-state index contributed by atoms with van der Waals surface area (Å²) in [7, 11) is -2.40. The second-order valence-corrected chi connectivity index (χ2v) is 8.11. The minimum Gasteiger partial charge on any atom is -0.495 e. The van der Waals surface area contributed by atoms with E-state index < -0.39 is 10.0 Å². The van der Waals surface area contributed by atoms with Gasteiger partial charge in [-0.2, -0.15) is 0 Å². The quantitative estimate of drug-likeness (QED) is 0.574. The Hall–Kier alpha value is -3.39. The van der Waals surface area contributed by atoms with Gasteiger partial charge in [0.15, 0.2) is 0 Å². The van der Waals surface area contributed by atoms with E-state index in [0.29, 0.717) is 29.0 Å². The van der Waals surface area contributed by atoms with Crippen molar-refractivity contribution in [2.45, 2.75) is 11.3 Å². The lowest BCUT2D eigenvalue weighted by Gasteiger charge is -2.12. The van der Waals surface area contributed by atoms with Gasteiger partial charge in [-0.05, 0) is 54.4 Å². The lowest BCUT2D eigenvalue weighted by atomic mass is 10.1. The molecule has 30 heavy (non-hydrogen) atoms. The zero-order chi connectivity index (χ0) is 21.6.